The maximum Gasteiger partial charge on any atom is 0.181 e. The number of hydrogen-bond acceptors (Lipinski definition) is 4. The molecule has 1 aromatic carbocycles. The molecule has 0 aliphatic rings. The molecule has 2 aromatic rings. The molecule has 0 amide bonds. The lowest BCUT2D eigenvalue weighted by molar-refractivity contribution is 0.562. The van der Waals surface area contributed by atoms with E-state index < -0.39 is 11.6 Å². The second kappa shape index (κ2) is 5.54. The third-order valence-electron chi connectivity index (χ3n) is 2.26. The molecule has 0 spiro atoms. The lowest BCUT2D eigenvalue weighted by atomic mass is 10.2. The largest absolute Gasteiger partial charge is 0.375 e. The SMILES string of the molecule is Cc1nc(N)sc1SCc1c(F)ccc(Br)c1F. The number of aromatic nitrogens is 1. The molecule has 7 heteroatoms. The first-order chi connectivity index (χ1) is 8.49. The molecular weight excluding hydrogens is 342 g/mol. The first-order valence-corrected chi connectivity index (χ1v) is 7.56. The molecule has 1 aromatic heterocycles. The molecular formula is C11H9BrF2N2S2. The quantitative estimate of drug-likeness (QED) is 0.659. The summed E-state index contributed by atoms with van der Waals surface area (Å²) in [6.45, 7) is 1.82. The van der Waals surface area contributed by atoms with Gasteiger partial charge < -0.3 is 5.73 Å². The summed E-state index contributed by atoms with van der Waals surface area (Å²) in [7, 11) is 0. The van der Waals surface area contributed by atoms with Crippen LogP contribution in [0, 0.1) is 18.6 Å². The lowest BCUT2D eigenvalue weighted by Crippen LogP contribution is -1.94. The van der Waals surface area contributed by atoms with Gasteiger partial charge in [-0.15, -0.1) is 11.8 Å². The zero-order chi connectivity index (χ0) is 13.3. The maximum absolute atomic E-state index is 13.7. The number of nitrogens with zero attached hydrogens (tertiary/aromatic N) is 1. The van der Waals surface area contributed by atoms with Crippen LogP contribution in [0.25, 0.3) is 0 Å². The summed E-state index contributed by atoms with van der Waals surface area (Å²) in [5, 5.41) is 0.463. The van der Waals surface area contributed by atoms with Crippen LogP contribution in [0.15, 0.2) is 20.8 Å². The van der Waals surface area contributed by atoms with Crippen molar-refractivity contribution in [2.75, 3.05) is 5.73 Å². The third-order valence-corrected chi connectivity index (χ3v) is 5.24. The van der Waals surface area contributed by atoms with Crippen LogP contribution in [0.5, 0.6) is 0 Å². The van der Waals surface area contributed by atoms with Gasteiger partial charge in [0.1, 0.15) is 11.6 Å². The molecule has 2 rings (SSSR count). The summed E-state index contributed by atoms with van der Waals surface area (Å²) in [5.41, 5.74) is 6.42. The Balaban J connectivity index is 2.20. The van der Waals surface area contributed by atoms with Gasteiger partial charge in [-0.25, -0.2) is 13.8 Å². The topological polar surface area (TPSA) is 38.9 Å². The Morgan fingerprint density at radius 3 is 2.78 bits per heavy atom. The number of nitrogen functional groups attached to an aromatic ring is 1. The maximum atomic E-state index is 13.7. The lowest BCUT2D eigenvalue weighted by Gasteiger charge is -2.05. The van der Waals surface area contributed by atoms with E-state index in [2.05, 4.69) is 20.9 Å². The van der Waals surface area contributed by atoms with Crippen molar-refractivity contribution in [2.45, 2.75) is 16.9 Å². The molecule has 0 bridgehead atoms. The van der Waals surface area contributed by atoms with Crippen molar-refractivity contribution in [3.63, 3.8) is 0 Å². The number of hydrogen-bond donors (Lipinski definition) is 1. The zero-order valence-electron chi connectivity index (χ0n) is 9.34. The Hall–Kier alpha value is -0.660. The molecule has 0 atom stereocenters. The van der Waals surface area contributed by atoms with E-state index in [1.807, 2.05) is 6.92 Å². The zero-order valence-corrected chi connectivity index (χ0v) is 12.6. The summed E-state index contributed by atoms with van der Waals surface area (Å²) < 4.78 is 28.4. The van der Waals surface area contributed by atoms with Crippen molar-refractivity contribution in [1.82, 2.24) is 4.98 Å². The smallest absolute Gasteiger partial charge is 0.181 e. The van der Waals surface area contributed by atoms with Gasteiger partial charge in [0.05, 0.1) is 14.4 Å². The van der Waals surface area contributed by atoms with E-state index in [0.717, 1.165) is 9.90 Å². The highest BCUT2D eigenvalue weighted by Gasteiger charge is 2.14. The van der Waals surface area contributed by atoms with E-state index in [1.165, 1.54) is 35.2 Å². The molecule has 2 N–H and O–H groups in total. The highest BCUT2D eigenvalue weighted by atomic mass is 79.9. The van der Waals surface area contributed by atoms with Gasteiger partial charge in [0.25, 0.3) is 0 Å². The highest BCUT2D eigenvalue weighted by Crippen LogP contribution is 2.34. The number of benzene rings is 1. The van der Waals surface area contributed by atoms with Gasteiger partial charge in [0.15, 0.2) is 5.13 Å². The monoisotopic (exact) mass is 350 g/mol. The molecule has 2 nitrogen and oxygen atoms in total. The van der Waals surface area contributed by atoms with Gasteiger partial charge in [0.2, 0.25) is 0 Å². The number of thioether (sulfide) groups is 1. The standard InChI is InChI=1S/C11H9BrF2N2S2/c1-5-10(18-11(15)16-5)17-4-6-8(13)3-2-7(12)9(6)14/h2-3H,4H2,1H3,(H2,15,16). The number of halogens is 3. The van der Waals surface area contributed by atoms with Crippen molar-refractivity contribution < 1.29 is 8.78 Å². The second-order valence-electron chi connectivity index (χ2n) is 3.54. The predicted octanol–water partition coefficient (Wildman–Crippen LogP) is 4.37. The van der Waals surface area contributed by atoms with Gasteiger partial charge >= 0.3 is 0 Å². The molecule has 0 saturated carbocycles. The molecule has 0 unspecified atom stereocenters. The third kappa shape index (κ3) is 2.84. The minimum Gasteiger partial charge on any atom is -0.375 e. The van der Waals surface area contributed by atoms with Crippen LogP contribution in [0.4, 0.5) is 13.9 Å². The Morgan fingerprint density at radius 2 is 2.17 bits per heavy atom. The van der Waals surface area contributed by atoms with Gasteiger partial charge in [-0.2, -0.15) is 0 Å². The number of thiazole rings is 1. The van der Waals surface area contributed by atoms with Gasteiger partial charge in [-0.1, -0.05) is 11.3 Å². The minimum atomic E-state index is -0.558. The molecule has 0 saturated heterocycles. The van der Waals surface area contributed by atoms with Crippen molar-refractivity contribution in [1.29, 1.82) is 0 Å². The Morgan fingerprint density at radius 1 is 1.44 bits per heavy atom. The minimum absolute atomic E-state index is 0.0562. The van der Waals surface area contributed by atoms with Gasteiger partial charge in [0, 0.05) is 11.3 Å². The van der Waals surface area contributed by atoms with Crippen LogP contribution < -0.4 is 5.73 Å². The Labute approximate surface area is 120 Å². The summed E-state index contributed by atoms with van der Waals surface area (Å²) in [5.74, 6) is -0.893. The predicted molar refractivity (Wildman–Crippen MR) is 74.9 cm³/mol. The van der Waals surface area contributed by atoms with E-state index >= 15 is 0 Å². The van der Waals surface area contributed by atoms with Gasteiger partial charge in [-0.05, 0) is 35.0 Å². The number of anilines is 1. The molecule has 0 aliphatic carbocycles. The summed E-state index contributed by atoms with van der Waals surface area (Å²) in [6, 6.07) is 2.60. The van der Waals surface area contributed by atoms with Crippen LogP contribution in [0.3, 0.4) is 0 Å². The van der Waals surface area contributed by atoms with Crippen LogP contribution >= 0.6 is 39.0 Å². The molecule has 0 radical (unpaired) electrons. The summed E-state index contributed by atoms with van der Waals surface area (Å²) >= 11 is 5.70. The summed E-state index contributed by atoms with van der Waals surface area (Å²) in [6.07, 6.45) is 0. The van der Waals surface area contributed by atoms with E-state index in [9.17, 15) is 8.78 Å². The van der Waals surface area contributed by atoms with Crippen molar-refractivity contribution in [3.8, 4) is 0 Å². The van der Waals surface area contributed by atoms with Crippen LogP contribution in [-0.2, 0) is 5.75 Å². The Bertz CT molecular complexity index is 587. The summed E-state index contributed by atoms with van der Waals surface area (Å²) in [4.78, 5) is 4.06. The first-order valence-electron chi connectivity index (χ1n) is 4.97. The number of rotatable bonds is 3. The van der Waals surface area contributed by atoms with Crippen molar-refractivity contribution in [3.05, 3.63) is 39.5 Å². The highest BCUT2D eigenvalue weighted by molar-refractivity contribution is 9.10. The molecule has 1 heterocycles. The van der Waals surface area contributed by atoms with E-state index in [0.29, 0.717) is 5.13 Å². The average molecular weight is 351 g/mol. The van der Waals surface area contributed by atoms with Crippen molar-refractivity contribution in [2.24, 2.45) is 0 Å². The number of nitrogens with two attached hydrogens (primary N) is 1. The fourth-order valence-corrected chi connectivity index (χ4v) is 3.78. The average Bonchev–Trinajstić information content (AvgIpc) is 2.63. The van der Waals surface area contributed by atoms with Crippen molar-refractivity contribution >= 4 is 44.2 Å². The van der Waals surface area contributed by atoms with E-state index in [4.69, 9.17) is 5.73 Å². The fraction of sp³-hybridized carbons (Fsp3) is 0.182. The molecule has 0 fully saturated rings. The first kappa shape index (κ1) is 13.8. The van der Waals surface area contributed by atoms with Gasteiger partial charge in [-0.3, -0.25) is 0 Å². The normalized spacial score (nSPS) is 10.9. The molecule has 96 valence electrons. The fourth-order valence-electron chi connectivity index (χ4n) is 1.38. The van der Waals surface area contributed by atoms with E-state index in [-0.39, 0.29) is 15.8 Å². The van der Waals surface area contributed by atoms with Crippen LogP contribution in [0.1, 0.15) is 11.3 Å². The van der Waals surface area contributed by atoms with E-state index in [1.54, 1.807) is 0 Å². The van der Waals surface area contributed by atoms with Crippen LogP contribution in [-0.4, -0.2) is 4.98 Å². The molecule has 18 heavy (non-hydrogen) atoms. The van der Waals surface area contributed by atoms with Crippen LogP contribution in [0.2, 0.25) is 0 Å². The Kier molecular flexibility index (Phi) is 4.24. The second-order valence-corrected chi connectivity index (χ2v) is 6.66. The number of aryl methyl sites for hydroxylation is 1. The molecule has 0 aliphatic heterocycles.